The van der Waals surface area contributed by atoms with Crippen LogP contribution in [-0.4, -0.2) is 16.1 Å². The van der Waals surface area contributed by atoms with Crippen molar-refractivity contribution < 1.29 is 9.90 Å². The largest absolute Gasteiger partial charge is 0.480 e. The summed E-state index contributed by atoms with van der Waals surface area (Å²) in [5, 5.41) is 8.85. The number of nitrogens with zero attached hydrogens (tertiary/aromatic N) is 1. The minimum absolute atomic E-state index is 0.405. The molecule has 0 bridgehead atoms. The van der Waals surface area contributed by atoms with E-state index in [9.17, 15) is 4.79 Å². The Balaban J connectivity index is 3.22. The van der Waals surface area contributed by atoms with Crippen LogP contribution >= 0.6 is 0 Å². The summed E-state index contributed by atoms with van der Waals surface area (Å²) in [5.74, 6) is -1.07. The molecule has 0 amide bonds. The topological polar surface area (TPSA) is 76.2 Å². The van der Waals surface area contributed by atoms with Gasteiger partial charge in [0.05, 0.1) is 5.69 Å². The number of carbonyl (C=O) groups is 1. The van der Waals surface area contributed by atoms with Crippen LogP contribution in [0.4, 0.5) is 0 Å². The van der Waals surface area contributed by atoms with Gasteiger partial charge in [-0.1, -0.05) is 6.07 Å². The van der Waals surface area contributed by atoms with E-state index < -0.39 is 11.5 Å². The maximum atomic E-state index is 10.8. The van der Waals surface area contributed by atoms with Gasteiger partial charge >= 0.3 is 5.97 Å². The highest BCUT2D eigenvalue weighted by Gasteiger charge is 2.32. The molecule has 0 saturated heterocycles. The van der Waals surface area contributed by atoms with Crippen molar-refractivity contribution in [3.63, 3.8) is 0 Å². The lowest BCUT2D eigenvalue weighted by Crippen LogP contribution is -2.43. The van der Waals surface area contributed by atoms with Crippen molar-refractivity contribution >= 4 is 5.97 Å². The molecule has 1 unspecified atom stereocenters. The van der Waals surface area contributed by atoms with Gasteiger partial charge in [0.25, 0.3) is 0 Å². The average Bonchev–Trinajstić information content (AvgIpc) is 2.04. The summed E-state index contributed by atoms with van der Waals surface area (Å²) >= 11 is 0. The van der Waals surface area contributed by atoms with Crippen molar-refractivity contribution in [3.8, 4) is 0 Å². The number of hydrogen-bond acceptors (Lipinski definition) is 3. The Morgan fingerprint density at radius 3 is 2.77 bits per heavy atom. The SMILES string of the molecule is Cc1cccnc1C(C)(N)C(=O)O. The zero-order valence-electron chi connectivity index (χ0n) is 7.61. The lowest BCUT2D eigenvalue weighted by Gasteiger charge is -2.19. The van der Waals surface area contributed by atoms with Gasteiger partial charge in [-0.05, 0) is 25.5 Å². The molecule has 0 aromatic carbocycles. The number of rotatable bonds is 2. The van der Waals surface area contributed by atoms with E-state index in [0.717, 1.165) is 5.56 Å². The van der Waals surface area contributed by atoms with Crippen LogP contribution in [-0.2, 0) is 10.3 Å². The van der Waals surface area contributed by atoms with Crippen LogP contribution in [0, 0.1) is 6.92 Å². The number of aliphatic carboxylic acids is 1. The van der Waals surface area contributed by atoms with Crippen molar-refractivity contribution in [2.24, 2.45) is 5.73 Å². The Morgan fingerprint density at radius 1 is 1.69 bits per heavy atom. The van der Waals surface area contributed by atoms with Crippen LogP contribution in [0.5, 0.6) is 0 Å². The predicted octanol–water partition coefficient (Wildman–Crippen LogP) is 0.649. The molecular weight excluding hydrogens is 168 g/mol. The highest BCUT2D eigenvalue weighted by molar-refractivity contribution is 5.79. The molecule has 1 aromatic rings. The lowest BCUT2D eigenvalue weighted by atomic mass is 9.95. The van der Waals surface area contributed by atoms with E-state index in [4.69, 9.17) is 10.8 Å². The van der Waals surface area contributed by atoms with Crippen LogP contribution in [0.2, 0.25) is 0 Å². The van der Waals surface area contributed by atoms with Crippen molar-refractivity contribution in [3.05, 3.63) is 29.6 Å². The molecule has 1 heterocycles. The summed E-state index contributed by atoms with van der Waals surface area (Å²) in [7, 11) is 0. The second kappa shape index (κ2) is 3.14. The first-order valence-corrected chi connectivity index (χ1v) is 3.90. The summed E-state index contributed by atoms with van der Waals surface area (Å²) in [6, 6.07) is 3.53. The Bertz CT molecular complexity index is 334. The van der Waals surface area contributed by atoms with Crippen molar-refractivity contribution in [2.45, 2.75) is 19.4 Å². The highest BCUT2D eigenvalue weighted by Crippen LogP contribution is 2.18. The molecule has 0 fully saturated rings. The molecule has 0 saturated carbocycles. The molecular formula is C9H12N2O2. The second-order valence-electron chi connectivity index (χ2n) is 3.18. The summed E-state index contributed by atoms with van der Waals surface area (Å²) in [4.78, 5) is 14.8. The zero-order valence-corrected chi connectivity index (χ0v) is 7.61. The molecule has 0 aliphatic rings. The molecule has 70 valence electrons. The number of hydrogen-bond donors (Lipinski definition) is 2. The zero-order chi connectivity index (χ0) is 10.1. The summed E-state index contributed by atoms with van der Waals surface area (Å²) in [6.07, 6.45) is 1.54. The Labute approximate surface area is 76.4 Å². The van der Waals surface area contributed by atoms with E-state index in [1.165, 1.54) is 13.1 Å². The van der Waals surface area contributed by atoms with Crippen LogP contribution in [0.15, 0.2) is 18.3 Å². The fourth-order valence-corrected chi connectivity index (χ4v) is 1.13. The van der Waals surface area contributed by atoms with Gasteiger partial charge in [-0.2, -0.15) is 0 Å². The highest BCUT2D eigenvalue weighted by atomic mass is 16.4. The van der Waals surface area contributed by atoms with Crippen molar-refractivity contribution in [1.29, 1.82) is 0 Å². The Morgan fingerprint density at radius 2 is 2.31 bits per heavy atom. The number of aryl methyl sites for hydroxylation is 1. The van der Waals surface area contributed by atoms with Gasteiger partial charge in [0.1, 0.15) is 0 Å². The third-order valence-electron chi connectivity index (χ3n) is 1.95. The van der Waals surface area contributed by atoms with Crippen LogP contribution < -0.4 is 5.73 Å². The average molecular weight is 180 g/mol. The Hall–Kier alpha value is -1.42. The number of carboxylic acids is 1. The minimum atomic E-state index is -1.41. The van der Waals surface area contributed by atoms with Gasteiger partial charge in [0.15, 0.2) is 5.54 Å². The first-order chi connectivity index (χ1) is 5.96. The van der Waals surface area contributed by atoms with E-state index >= 15 is 0 Å². The number of pyridine rings is 1. The van der Waals surface area contributed by atoms with Gasteiger partial charge < -0.3 is 10.8 Å². The summed E-state index contributed by atoms with van der Waals surface area (Å²) in [5.41, 5.74) is 5.40. The molecule has 3 N–H and O–H groups in total. The van der Waals surface area contributed by atoms with E-state index in [1.54, 1.807) is 19.1 Å². The number of carboxylic acid groups (broad SMARTS) is 1. The van der Waals surface area contributed by atoms with Gasteiger partial charge in [-0.3, -0.25) is 4.98 Å². The van der Waals surface area contributed by atoms with Gasteiger partial charge in [0, 0.05) is 6.20 Å². The maximum Gasteiger partial charge on any atom is 0.329 e. The van der Waals surface area contributed by atoms with Crippen molar-refractivity contribution in [1.82, 2.24) is 4.98 Å². The monoisotopic (exact) mass is 180 g/mol. The van der Waals surface area contributed by atoms with E-state index in [0.29, 0.717) is 5.69 Å². The Kier molecular flexibility index (Phi) is 2.34. The maximum absolute atomic E-state index is 10.8. The quantitative estimate of drug-likeness (QED) is 0.700. The smallest absolute Gasteiger partial charge is 0.329 e. The van der Waals surface area contributed by atoms with Crippen LogP contribution in [0.3, 0.4) is 0 Å². The van der Waals surface area contributed by atoms with Gasteiger partial charge in [-0.25, -0.2) is 4.79 Å². The standard InChI is InChI=1S/C9H12N2O2/c1-6-4-3-5-11-7(6)9(2,10)8(12)13/h3-5H,10H2,1-2H3,(H,12,13). The molecule has 13 heavy (non-hydrogen) atoms. The van der Waals surface area contributed by atoms with E-state index in [1.807, 2.05) is 0 Å². The first kappa shape index (κ1) is 9.67. The van der Waals surface area contributed by atoms with E-state index in [-0.39, 0.29) is 0 Å². The van der Waals surface area contributed by atoms with Gasteiger partial charge in [-0.15, -0.1) is 0 Å². The molecule has 4 heteroatoms. The number of aromatic nitrogens is 1. The fourth-order valence-electron chi connectivity index (χ4n) is 1.13. The molecule has 0 spiro atoms. The lowest BCUT2D eigenvalue weighted by molar-refractivity contribution is -0.143. The van der Waals surface area contributed by atoms with Gasteiger partial charge in [0.2, 0.25) is 0 Å². The third-order valence-corrected chi connectivity index (χ3v) is 1.95. The molecule has 4 nitrogen and oxygen atoms in total. The molecule has 1 rings (SSSR count). The molecule has 0 radical (unpaired) electrons. The minimum Gasteiger partial charge on any atom is -0.480 e. The number of nitrogens with two attached hydrogens (primary N) is 1. The summed E-state index contributed by atoms with van der Waals surface area (Å²) < 4.78 is 0. The molecule has 0 aliphatic heterocycles. The first-order valence-electron chi connectivity index (χ1n) is 3.90. The molecule has 1 aromatic heterocycles. The second-order valence-corrected chi connectivity index (χ2v) is 3.18. The fraction of sp³-hybridized carbons (Fsp3) is 0.333. The normalized spacial score (nSPS) is 15.0. The predicted molar refractivity (Wildman–Crippen MR) is 48.1 cm³/mol. The third kappa shape index (κ3) is 1.67. The van der Waals surface area contributed by atoms with Crippen LogP contribution in [0.1, 0.15) is 18.2 Å². The molecule has 0 aliphatic carbocycles. The van der Waals surface area contributed by atoms with Crippen LogP contribution in [0.25, 0.3) is 0 Å². The molecule has 1 atom stereocenters. The van der Waals surface area contributed by atoms with E-state index in [2.05, 4.69) is 4.98 Å². The summed E-state index contributed by atoms with van der Waals surface area (Å²) in [6.45, 7) is 3.22. The van der Waals surface area contributed by atoms with Crippen molar-refractivity contribution in [2.75, 3.05) is 0 Å².